The third-order valence-corrected chi connectivity index (χ3v) is 9.21. The van der Waals surface area contributed by atoms with E-state index in [2.05, 4.69) is 0 Å². The summed E-state index contributed by atoms with van der Waals surface area (Å²) in [6, 6.07) is 20.6. The summed E-state index contributed by atoms with van der Waals surface area (Å²) in [4.78, 5) is 39.6. The second kappa shape index (κ2) is 16.5. The van der Waals surface area contributed by atoms with Gasteiger partial charge in [-0.2, -0.15) is 0 Å². The maximum absolute atomic E-state index is 13.3. The van der Waals surface area contributed by atoms with Crippen LogP contribution in [-0.2, 0) is 36.6 Å². The second-order valence-electron chi connectivity index (χ2n) is 13.3. The highest BCUT2D eigenvalue weighted by atomic mass is 16.7. The van der Waals surface area contributed by atoms with Crippen molar-refractivity contribution in [3.8, 4) is 40.1 Å². The largest absolute Gasteiger partial charge is 0.508 e. The number of aliphatic hydroxyl groups is 2. The average molecular weight is 757 g/mol. The van der Waals surface area contributed by atoms with Crippen molar-refractivity contribution in [3.05, 3.63) is 111 Å². The van der Waals surface area contributed by atoms with E-state index in [1.54, 1.807) is 0 Å². The molecule has 1 aromatic heterocycles. The molecule has 6 rings (SSSR count). The van der Waals surface area contributed by atoms with E-state index in [0.717, 1.165) is 46.5 Å². The predicted molar refractivity (Wildman–Crippen MR) is 196 cm³/mol. The van der Waals surface area contributed by atoms with E-state index in [1.807, 2.05) is 62.4 Å². The molecule has 55 heavy (non-hydrogen) atoms. The van der Waals surface area contributed by atoms with E-state index in [9.17, 15) is 45.0 Å². The lowest BCUT2D eigenvalue weighted by atomic mass is 9.98. The molecule has 0 spiro atoms. The van der Waals surface area contributed by atoms with E-state index >= 15 is 0 Å². The molecule has 0 amide bonds. The van der Waals surface area contributed by atoms with Crippen molar-refractivity contribution in [1.29, 1.82) is 0 Å². The second-order valence-corrected chi connectivity index (χ2v) is 13.3. The molecule has 1 aliphatic heterocycles. The summed E-state index contributed by atoms with van der Waals surface area (Å²) < 4.78 is 29.1. The fourth-order valence-electron chi connectivity index (χ4n) is 6.17. The molecule has 288 valence electrons. The Kier molecular flexibility index (Phi) is 11.6. The van der Waals surface area contributed by atoms with Gasteiger partial charge >= 0.3 is 11.9 Å². The lowest BCUT2D eigenvalue weighted by Crippen LogP contribution is -2.62. The number of phenols is 3. The summed E-state index contributed by atoms with van der Waals surface area (Å²) in [6.07, 6.45) is -7.64. The number of ether oxygens (including phenoxy) is 4. The van der Waals surface area contributed by atoms with E-state index < -0.39 is 83.4 Å². The van der Waals surface area contributed by atoms with Gasteiger partial charge in [-0.25, -0.2) is 0 Å². The number of carbonyl (C=O) groups is 2. The molecular formula is C41H40O14. The van der Waals surface area contributed by atoms with Crippen LogP contribution in [0.2, 0.25) is 0 Å². The highest BCUT2D eigenvalue weighted by Gasteiger charge is 2.51. The van der Waals surface area contributed by atoms with Gasteiger partial charge in [-0.15, -0.1) is 0 Å². The first-order chi connectivity index (χ1) is 26.3. The Balaban J connectivity index is 1.31. The number of fused-ring (bicyclic) bond motifs is 1. The number of hydrogen-bond acceptors (Lipinski definition) is 14. The Bertz CT molecular complexity index is 2230. The fraction of sp³-hybridized carbons (Fsp3) is 0.293. The molecule has 5 atom stereocenters. The van der Waals surface area contributed by atoms with Crippen LogP contribution in [0.1, 0.15) is 35.1 Å². The maximum atomic E-state index is 13.3. The number of carbonyl (C=O) groups excluding carboxylic acids is 2. The van der Waals surface area contributed by atoms with Crippen LogP contribution in [0.25, 0.3) is 22.3 Å². The van der Waals surface area contributed by atoms with Gasteiger partial charge in [0.2, 0.25) is 23.6 Å². The first-order valence-electron chi connectivity index (χ1n) is 17.5. The fourth-order valence-corrected chi connectivity index (χ4v) is 6.17. The van der Waals surface area contributed by atoms with Gasteiger partial charge in [-0.05, 0) is 56.0 Å². The molecule has 0 radical (unpaired) electrons. The van der Waals surface area contributed by atoms with Crippen LogP contribution in [0, 0.1) is 13.8 Å². The molecular weight excluding hydrogens is 716 g/mol. The third-order valence-electron chi connectivity index (χ3n) is 9.21. The zero-order valence-electron chi connectivity index (χ0n) is 29.9. The molecule has 1 fully saturated rings. The van der Waals surface area contributed by atoms with E-state index in [0.29, 0.717) is 12.8 Å². The van der Waals surface area contributed by atoms with Crippen molar-refractivity contribution in [2.45, 2.75) is 70.2 Å². The van der Waals surface area contributed by atoms with Gasteiger partial charge in [0.05, 0.1) is 6.61 Å². The molecule has 0 bridgehead atoms. The third kappa shape index (κ3) is 8.83. The Hall–Kier alpha value is -6.09. The van der Waals surface area contributed by atoms with Crippen LogP contribution in [0.5, 0.6) is 28.7 Å². The predicted octanol–water partition coefficient (Wildman–Crippen LogP) is 4.45. The summed E-state index contributed by atoms with van der Waals surface area (Å²) in [7, 11) is 0. The van der Waals surface area contributed by atoms with Crippen molar-refractivity contribution >= 4 is 22.9 Å². The molecule has 5 aromatic rings. The molecule has 14 heteroatoms. The van der Waals surface area contributed by atoms with Crippen molar-refractivity contribution in [2.24, 2.45) is 0 Å². The maximum Gasteiger partial charge on any atom is 0.306 e. The van der Waals surface area contributed by atoms with Crippen molar-refractivity contribution in [1.82, 2.24) is 0 Å². The Morgan fingerprint density at radius 1 is 0.745 bits per heavy atom. The lowest BCUT2D eigenvalue weighted by Gasteiger charge is -2.42. The summed E-state index contributed by atoms with van der Waals surface area (Å²) in [5, 5.41) is 62.8. The van der Waals surface area contributed by atoms with Gasteiger partial charge in [-0.1, -0.05) is 59.7 Å². The number of esters is 2. The van der Waals surface area contributed by atoms with Gasteiger partial charge in [0.25, 0.3) is 0 Å². The summed E-state index contributed by atoms with van der Waals surface area (Å²) in [6.45, 7) is 3.09. The molecule has 0 aliphatic carbocycles. The quantitative estimate of drug-likeness (QED) is 0.0969. The van der Waals surface area contributed by atoms with Crippen LogP contribution in [0.4, 0.5) is 0 Å². The topological polar surface area (TPSA) is 223 Å². The summed E-state index contributed by atoms with van der Waals surface area (Å²) in [5.74, 6) is -4.72. The van der Waals surface area contributed by atoms with Crippen LogP contribution < -0.4 is 10.2 Å². The molecule has 4 aromatic carbocycles. The Labute approximate surface area is 314 Å². The molecule has 1 saturated heterocycles. The Morgan fingerprint density at radius 3 is 1.91 bits per heavy atom. The normalized spacial score (nSPS) is 19.5. The molecule has 1 aliphatic rings. The highest BCUT2D eigenvalue weighted by Crippen LogP contribution is 2.40. The van der Waals surface area contributed by atoms with E-state index in [4.69, 9.17) is 23.4 Å². The number of hydrogen-bond donors (Lipinski definition) is 6. The highest BCUT2D eigenvalue weighted by molar-refractivity contribution is 5.88. The zero-order valence-corrected chi connectivity index (χ0v) is 29.9. The van der Waals surface area contributed by atoms with Crippen molar-refractivity contribution in [3.63, 3.8) is 0 Å². The van der Waals surface area contributed by atoms with Crippen LogP contribution >= 0.6 is 0 Å². The van der Waals surface area contributed by atoms with Crippen LogP contribution in [0.15, 0.2) is 88.1 Å². The molecule has 0 saturated carbocycles. The number of aromatic hydroxyl groups is 4. The summed E-state index contributed by atoms with van der Waals surface area (Å²) in [5.41, 5.74) is 2.50. The first kappa shape index (κ1) is 38.6. The van der Waals surface area contributed by atoms with Crippen molar-refractivity contribution in [2.75, 3.05) is 6.61 Å². The average Bonchev–Trinajstić information content (AvgIpc) is 3.15. The van der Waals surface area contributed by atoms with Gasteiger partial charge in [0, 0.05) is 30.5 Å². The van der Waals surface area contributed by atoms with E-state index in [1.165, 1.54) is 6.07 Å². The first-order valence-corrected chi connectivity index (χ1v) is 17.5. The van der Waals surface area contributed by atoms with Crippen molar-refractivity contribution < 1.29 is 63.6 Å². The van der Waals surface area contributed by atoms with Gasteiger partial charge in [-0.3, -0.25) is 14.4 Å². The van der Waals surface area contributed by atoms with E-state index in [-0.39, 0.29) is 35.1 Å². The SMILES string of the molecule is Cc1ccc(CCC(=O)O[C@H]2[C@H](Oc3cc(-c4oc5cc(O)cc(O)c5c(=O)c4O)ccc3O)O[C@H](CO)[C@@H](O)[C@@H]2OC(=O)CCc2ccc(C)cc2)cc1. The number of phenolic OH excluding ortho intramolecular Hbond substituents is 3. The molecule has 14 nitrogen and oxygen atoms in total. The van der Waals surface area contributed by atoms with Gasteiger partial charge in [0.15, 0.2) is 23.4 Å². The zero-order chi connectivity index (χ0) is 39.4. The Morgan fingerprint density at radius 2 is 1.33 bits per heavy atom. The minimum Gasteiger partial charge on any atom is -0.508 e. The number of benzene rings is 4. The van der Waals surface area contributed by atoms with Crippen LogP contribution in [-0.4, -0.2) is 79.9 Å². The number of aliphatic hydroxyl groups excluding tert-OH is 2. The lowest BCUT2D eigenvalue weighted by molar-refractivity contribution is -0.286. The molecule has 2 heterocycles. The van der Waals surface area contributed by atoms with Crippen LogP contribution in [0.3, 0.4) is 0 Å². The number of rotatable bonds is 12. The minimum absolute atomic E-state index is 0.0209. The molecule has 0 unspecified atom stereocenters. The minimum atomic E-state index is -1.70. The smallest absolute Gasteiger partial charge is 0.306 e. The monoisotopic (exact) mass is 756 g/mol. The molecule has 6 N–H and O–H groups in total. The number of aryl methyl sites for hydroxylation is 4. The standard InChI is InChI=1S/C41H40O14/c1-21-3-7-23(8-4-21)11-15-32(46)54-39-35(48)31(20-42)53-41(40(39)55-33(47)16-12-24-9-5-22(2)6-10-24)52-29-17-25(13-14-27(29)44)38-37(50)36(49)34-28(45)18-26(43)19-30(34)51-38/h3-10,13-14,17-19,31,35,39-45,48,50H,11-12,15-16,20H2,1-2H3/t31-,35-,39+,40-,41-/m1/s1. The summed E-state index contributed by atoms with van der Waals surface area (Å²) >= 11 is 0. The van der Waals surface area contributed by atoms with Gasteiger partial charge in [0.1, 0.15) is 34.7 Å². The van der Waals surface area contributed by atoms with Gasteiger partial charge < -0.3 is 54.0 Å².